The van der Waals surface area contributed by atoms with Crippen LogP contribution in [0.15, 0.2) is 48.5 Å². The molecule has 2 heterocycles. The van der Waals surface area contributed by atoms with Crippen molar-refractivity contribution in [3.05, 3.63) is 64.5 Å². The number of carbonyl (C=O) groups is 1. The van der Waals surface area contributed by atoms with E-state index in [1.807, 2.05) is 30.3 Å². The first kappa shape index (κ1) is 23.1. The lowest BCUT2D eigenvalue weighted by Crippen LogP contribution is -2.11. The first-order valence-corrected chi connectivity index (χ1v) is 13.9. The van der Waals surface area contributed by atoms with Gasteiger partial charge in [0.15, 0.2) is 0 Å². The van der Waals surface area contributed by atoms with Crippen LogP contribution < -0.4 is 10.1 Å². The average molecular weight is 491 g/mol. The summed E-state index contributed by atoms with van der Waals surface area (Å²) in [7, 11) is 0. The second kappa shape index (κ2) is 10.7. The number of aryl methyl sites for hydroxylation is 1. The van der Waals surface area contributed by atoms with Crippen LogP contribution in [-0.2, 0) is 12.8 Å². The van der Waals surface area contributed by atoms with Crippen LogP contribution in [0.2, 0.25) is 0 Å². The number of fused-ring (bicyclic) bond motifs is 2. The molecule has 0 atom stereocenters. The average Bonchev–Trinajstić information content (AvgIpc) is 3.35. The number of thiophene rings is 1. The highest BCUT2D eigenvalue weighted by Crippen LogP contribution is 2.46. The largest absolute Gasteiger partial charge is 0.494 e. The highest BCUT2D eigenvalue weighted by Gasteiger charge is 2.24. The third-order valence-electron chi connectivity index (χ3n) is 6.29. The molecule has 0 unspecified atom stereocenters. The van der Waals surface area contributed by atoms with E-state index in [0.29, 0.717) is 12.2 Å². The number of rotatable bonds is 8. The van der Waals surface area contributed by atoms with Crippen molar-refractivity contribution in [1.29, 1.82) is 0 Å². The lowest BCUT2D eigenvalue weighted by atomic mass is 10.1. The van der Waals surface area contributed by atoms with E-state index in [0.717, 1.165) is 46.1 Å². The van der Waals surface area contributed by atoms with Gasteiger partial charge < -0.3 is 10.1 Å². The standard InChI is InChI=1S/C28H30N2O2S2/c1-2-3-9-18-32-20-16-14-19(15-17-20)26(31)30-28-25(21-10-5-4-6-12-23(21)33-28)27-29-22-11-7-8-13-24(22)34-27/h7-8,11,13-17H,2-6,9-10,12,18H2,1H3,(H,30,31). The summed E-state index contributed by atoms with van der Waals surface area (Å²) in [6, 6.07) is 15.7. The minimum absolute atomic E-state index is 0.0868. The zero-order chi connectivity index (χ0) is 23.3. The van der Waals surface area contributed by atoms with Gasteiger partial charge in [-0.05, 0) is 74.1 Å². The summed E-state index contributed by atoms with van der Waals surface area (Å²) in [6.45, 7) is 2.90. The van der Waals surface area contributed by atoms with Crippen LogP contribution in [-0.4, -0.2) is 17.5 Å². The summed E-state index contributed by atoms with van der Waals surface area (Å²) in [5, 5.41) is 5.17. The molecule has 1 aliphatic carbocycles. The number of thiazole rings is 1. The maximum Gasteiger partial charge on any atom is 0.256 e. The van der Waals surface area contributed by atoms with E-state index < -0.39 is 0 Å². The molecule has 6 heteroatoms. The van der Waals surface area contributed by atoms with Crippen molar-refractivity contribution < 1.29 is 9.53 Å². The van der Waals surface area contributed by atoms with Crippen molar-refractivity contribution in [2.75, 3.05) is 11.9 Å². The lowest BCUT2D eigenvalue weighted by molar-refractivity contribution is 0.102. The zero-order valence-corrected chi connectivity index (χ0v) is 21.2. The molecule has 1 aliphatic rings. The van der Waals surface area contributed by atoms with Gasteiger partial charge in [0.2, 0.25) is 0 Å². The van der Waals surface area contributed by atoms with E-state index in [4.69, 9.17) is 9.72 Å². The Morgan fingerprint density at radius 1 is 1.00 bits per heavy atom. The van der Waals surface area contributed by atoms with Gasteiger partial charge in [0.05, 0.1) is 16.8 Å². The number of anilines is 1. The van der Waals surface area contributed by atoms with Crippen molar-refractivity contribution >= 4 is 43.8 Å². The summed E-state index contributed by atoms with van der Waals surface area (Å²) in [5.41, 5.74) is 4.17. The molecule has 0 bridgehead atoms. The van der Waals surface area contributed by atoms with Gasteiger partial charge in [-0.1, -0.05) is 38.3 Å². The van der Waals surface area contributed by atoms with E-state index in [2.05, 4.69) is 30.4 Å². The molecule has 4 nitrogen and oxygen atoms in total. The molecule has 1 amide bonds. The van der Waals surface area contributed by atoms with Crippen LogP contribution in [0.1, 0.15) is 66.2 Å². The molecule has 2 aromatic heterocycles. The molecule has 0 saturated heterocycles. The maximum absolute atomic E-state index is 13.2. The minimum atomic E-state index is -0.0868. The topological polar surface area (TPSA) is 51.2 Å². The first-order chi connectivity index (χ1) is 16.7. The van der Waals surface area contributed by atoms with E-state index in [1.54, 1.807) is 22.7 Å². The fraction of sp³-hybridized carbons (Fsp3) is 0.357. The number of hydrogen-bond donors (Lipinski definition) is 1. The monoisotopic (exact) mass is 490 g/mol. The quantitative estimate of drug-likeness (QED) is 0.200. The Morgan fingerprint density at radius 3 is 2.65 bits per heavy atom. The second-order valence-corrected chi connectivity index (χ2v) is 10.9. The third-order valence-corrected chi connectivity index (χ3v) is 8.55. The summed E-state index contributed by atoms with van der Waals surface area (Å²) in [6.07, 6.45) is 9.19. The Morgan fingerprint density at radius 2 is 1.82 bits per heavy atom. The maximum atomic E-state index is 13.2. The SMILES string of the molecule is CCCCCOc1ccc(C(=O)Nc2sc3c(c2-c2nc4ccccc4s2)CCCCC3)cc1. The highest BCUT2D eigenvalue weighted by molar-refractivity contribution is 7.22. The number of amides is 1. The molecule has 2 aromatic carbocycles. The molecular formula is C28H30N2O2S2. The Kier molecular flexibility index (Phi) is 7.26. The Bertz CT molecular complexity index is 1240. The molecular weight excluding hydrogens is 460 g/mol. The van der Waals surface area contributed by atoms with Gasteiger partial charge in [0, 0.05) is 16.0 Å². The van der Waals surface area contributed by atoms with Gasteiger partial charge in [0.25, 0.3) is 5.91 Å². The molecule has 0 spiro atoms. The van der Waals surface area contributed by atoms with Gasteiger partial charge >= 0.3 is 0 Å². The van der Waals surface area contributed by atoms with E-state index in [1.165, 1.54) is 47.2 Å². The fourth-order valence-electron chi connectivity index (χ4n) is 4.46. The molecule has 34 heavy (non-hydrogen) atoms. The molecule has 176 valence electrons. The lowest BCUT2D eigenvalue weighted by Gasteiger charge is -2.09. The van der Waals surface area contributed by atoms with Gasteiger partial charge in [-0.25, -0.2) is 4.98 Å². The van der Waals surface area contributed by atoms with Crippen LogP contribution in [0.3, 0.4) is 0 Å². The van der Waals surface area contributed by atoms with Crippen LogP contribution >= 0.6 is 22.7 Å². The highest BCUT2D eigenvalue weighted by atomic mass is 32.1. The number of nitrogens with one attached hydrogen (secondary N) is 1. The van der Waals surface area contributed by atoms with Crippen molar-refractivity contribution in [3.8, 4) is 16.3 Å². The Balaban J connectivity index is 1.40. The number of unbranched alkanes of at least 4 members (excludes halogenated alkanes) is 2. The summed E-state index contributed by atoms with van der Waals surface area (Å²) in [4.78, 5) is 19.5. The van der Waals surface area contributed by atoms with Gasteiger partial charge in [0.1, 0.15) is 15.8 Å². The molecule has 0 radical (unpaired) electrons. The number of nitrogens with zero attached hydrogens (tertiary/aromatic N) is 1. The second-order valence-electron chi connectivity index (χ2n) is 8.79. The number of hydrogen-bond acceptors (Lipinski definition) is 5. The van der Waals surface area contributed by atoms with Gasteiger partial charge in [-0.3, -0.25) is 4.79 Å². The predicted octanol–water partition coefficient (Wildman–Crippen LogP) is 8.12. The molecule has 0 fully saturated rings. The minimum Gasteiger partial charge on any atom is -0.494 e. The number of aromatic nitrogens is 1. The van der Waals surface area contributed by atoms with E-state index >= 15 is 0 Å². The van der Waals surface area contributed by atoms with E-state index in [9.17, 15) is 4.79 Å². The van der Waals surface area contributed by atoms with Crippen molar-refractivity contribution in [3.63, 3.8) is 0 Å². The third kappa shape index (κ3) is 5.03. The van der Waals surface area contributed by atoms with Crippen LogP contribution in [0.4, 0.5) is 5.00 Å². The number of para-hydroxylation sites is 1. The van der Waals surface area contributed by atoms with Crippen molar-refractivity contribution in [1.82, 2.24) is 4.98 Å². The van der Waals surface area contributed by atoms with Crippen LogP contribution in [0.5, 0.6) is 5.75 Å². The van der Waals surface area contributed by atoms with Crippen LogP contribution in [0.25, 0.3) is 20.8 Å². The van der Waals surface area contributed by atoms with Gasteiger partial charge in [-0.15, -0.1) is 22.7 Å². The van der Waals surface area contributed by atoms with Crippen LogP contribution in [0, 0.1) is 0 Å². The number of carbonyl (C=O) groups excluding carboxylic acids is 1. The molecule has 0 aliphatic heterocycles. The Hall–Kier alpha value is -2.70. The zero-order valence-electron chi connectivity index (χ0n) is 19.6. The normalized spacial score (nSPS) is 13.4. The fourth-order valence-corrected chi connectivity index (χ4v) is 6.85. The summed E-state index contributed by atoms with van der Waals surface area (Å²) in [5.74, 6) is 0.724. The predicted molar refractivity (Wildman–Crippen MR) is 144 cm³/mol. The first-order valence-electron chi connectivity index (χ1n) is 12.3. The summed E-state index contributed by atoms with van der Waals surface area (Å²) >= 11 is 3.44. The van der Waals surface area contributed by atoms with Crippen molar-refractivity contribution in [2.45, 2.75) is 58.3 Å². The molecule has 0 saturated carbocycles. The molecule has 5 rings (SSSR count). The number of ether oxygens (including phenoxy) is 1. The smallest absolute Gasteiger partial charge is 0.256 e. The van der Waals surface area contributed by atoms with Gasteiger partial charge in [-0.2, -0.15) is 0 Å². The van der Waals surface area contributed by atoms with E-state index in [-0.39, 0.29) is 5.91 Å². The summed E-state index contributed by atoms with van der Waals surface area (Å²) < 4.78 is 6.98. The molecule has 4 aromatic rings. The number of benzene rings is 2. The molecule has 1 N–H and O–H groups in total. The Labute approximate surface area is 209 Å². The van der Waals surface area contributed by atoms with Crippen molar-refractivity contribution in [2.24, 2.45) is 0 Å².